The Kier molecular flexibility index (Phi) is 15.9. The molecule has 27 heteroatoms. The van der Waals surface area contributed by atoms with Gasteiger partial charge in [-0.15, -0.1) is 10.2 Å². The number of carboxylic acids is 3. The Morgan fingerprint density at radius 3 is 2.05 bits per heavy atom. The molecule has 6 bridgehead atoms. The Morgan fingerprint density at radius 2 is 1.48 bits per heavy atom. The smallest absolute Gasteiger partial charge is 0.475 e. The van der Waals surface area contributed by atoms with Gasteiger partial charge in [-0.2, -0.15) is 44.5 Å². The summed E-state index contributed by atoms with van der Waals surface area (Å²) in [7, 11) is 0. The maximum absolute atomic E-state index is 13.0. The van der Waals surface area contributed by atoms with Gasteiger partial charge >= 0.3 is 36.4 Å². The fraction of sp³-hybridized carbons (Fsp3) is 0.323. The van der Waals surface area contributed by atoms with E-state index >= 15 is 0 Å². The molecule has 1 amide bonds. The van der Waals surface area contributed by atoms with E-state index in [1.54, 1.807) is 17.9 Å². The number of nitrogens with one attached hydrogen (secondary N) is 3. The van der Waals surface area contributed by atoms with Crippen LogP contribution < -0.4 is 20.9 Å². The van der Waals surface area contributed by atoms with E-state index in [0.29, 0.717) is 23.2 Å². The van der Waals surface area contributed by atoms with Crippen molar-refractivity contribution in [2.45, 2.75) is 44.2 Å². The van der Waals surface area contributed by atoms with Crippen LogP contribution in [0.5, 0.6) is 0 Å². The number of aromatic nitrogens is 5. The number of carbonyl (C=O) groups excluding carboxylic acids is 1. The van der Waals surface area contributed by atoms with Crippen LogP contribution in [0, 0.1) is 5.92 Å². The number of aryl methyl sites for hydroxylation is 2. The highest BCUT2D eigenvalue weighted by Crippen LogP contribution is 2.31. The predicted octanol–water partition coefficient (Wildman–Crippen LogP) is 6.72. The van der Waals surface area contributed by atoms with Crippen LogP contribution in [-0.4, -0.2) is 95.9 Å². The van der Waals surface area contributed by atoms with Crippen molar-refractivity contribution >= 4 is 80.7 Å². The maximum atomic E-state index is 13.0. The number of halogens is 10. The van der Waals surface area contributed by atoms with Crippen molar-refractivity contribution in [3.05, 3.63) is 64.5 Å². The van der Waals surface area contributed by atoms with E-state index in [0.717, 1.165) is 65.7 Å². The second-order valence-corrected chi connectivity index (χ2v) is 12.8. The summed E-state index contributed by atoms with van der Waals surface area (Å²) in [5, 5.41) is 40.4. The van der Waals surface area contributed by atoms with Gasteiger partial charge in [0.15, 0.2) is 5.82 Å². The molecule has 2 aliphatic heterocycles. The van der Waals surface area contributed by atoms with Gasteiger partial charge in [-0.3, -0.25) is 9.78 Å². The molecule has 1 unspecified atom stereocenters. The minimum Gasteiger partial charge on any atom is -0.475 e. The summed E-state index contributed by atoms with van der Waals surface area (Å²) >= 11 is 7.89. The number of fused-ring (bicyclic) bond motifs is 6. The van der Waals surface area contributed by atoms with Crippen molar-refractivity contribution in [3.63, 3.8) is 0 Å². The number of pyridine rings is 1. The Labute approximate surface area is 328 Å². The van der Waals surface area contributed by atoms with Crippen molar-refractivity contribution in [1.82, 2.24) is 25.1 Å². The van der Waals surface area contributed by atoms with Crippen LogP contribution in [0.1, 0.15) is 24.0 Å². The third-order valence-electron chi connectivity index (χ3n) is 7.23. The van der Waals surface area contributed by atoms with Crippen LogP contribution in [0.2, 0.25) is 5.02 Å². The minimum atomic E-state index is -5.08. The predicted molar refractivity (Wildman–Crippen MR) is 186 cm³/mol. The van der Waals surface area contributed by atoms with Crippen molar-refractivity contribution in [2.75, 3.05) is 33.9 Å². The topological polar surface area (TPSA) is 233 Å². The fourth-order valence-electron chi connectivity index (χ4n) is 4.69. The number of aliphatic carboxylic acids is 3. The molecule has 314 valence electrons. The van der Waals surface area contributed by atoms with Crippen LogP contribution in [0.25, 0.3) is 0 Å². The molecule has 4 aromatic rings. The first-order valence-electron chi connectivity index (χ1n) is 15.8. The van der Waals surface area contributed by atoms with Crippen molar-refractivity contribution in [3.8, 4) is 0 Å². The molecule has 1 atom stereocenters. The van der Waals surface area contributed by atoms with E-state index in [1.807, 2.05) is 30.5 Å². The first kappa shape index (κ1) is 46.3. The molecule has 1 aromatic carbocycles. The number of amides is 1. The Balaban J connectivity index is 0.000000353. The largest absolute Gasteiger partial charge is 0.490 e. The summed E-state index contributed by atoms with van der Waals surface area (Å²) in [5.74, 6) is -7.06. The molecule has 6 rings (SSSR count). The summed E-state index contributed by atoms with van der Waals surface area (Å²) in [6, 6.07) is 7.91. The van der Waals surface area contributed by atoms with E-state index < -0.39 is 36.4 Å². The highest BCUT2D eigenvalue weighted by Gasteiger charge is 2.39. The molecule has 0 spiro atoms. The molecular weight excluding hydrogens is 849 g/mol. The number of carboxylic acid groups (broad SMARTS) is 3. The zero-order valence-electron chi connectivity index (χ0n) is 28.8. The lowest BCUT2D eigenvalue weighted by atomic mass is 10.0. The Bertz CT molecular complexity index is 2000. The molecule has 3 aromatic heterocycles. The van der Waals surface area contributed by atoms with Crippen molar-refractivity contribution in [2.24, 2.45) is 5.92 Å². The molecule has 1 saturated heterocycles. The molecule has 2 aliphatic rings. The highest BCUT2D eigenvalue weighted by molar-refractivity contribution is 7.13. The quantitative estimate of drug-likeness (QED) is 0.117. The summed E-state index contributed by atoms with van der Waals surface area (Å²) in [6.07, 6.45) is -7.21. The third kappa shape index (κ3) is 15.1. The van der Waals surface area contributed by atoms with E-state index in [-0.39, 0.29) is 11.8 Å². The first-order valence-corrected chi connectivity index (χ1v) is 17.0. The number of hydrogen-bond acceptors (Lipinski definition) is 13. The normalized spacial score (nSPS) is 14.7. The summed E-state index contributed by atoms with van der Waals surface area (Å²) in [6.45, 7) is 1.71. The van der Waals surface area contributed by atoms with E-state index in [1.165, 1.54) is 11.3 Å². The molecule has 0 aliphatic carbocycles. The Morgan fingerprint density at radius 1 is 0.862 bits per heavy atom. The molecule has 0 radical (unpaired) electrons. The van der Waals surface area contributed by atoms with Gasteiger partial charge in [-0.05, 0) is 60.6 Å². The van der Waals surface area contributed by atoms with E-state index in [2.05, 4.69) is 46.0 Å². The monoisotopic (exact) mass is 875 g/mol. The molecular formula is C31H27ClF9N9O7S. The van der Waals surface area contributed by atoms with Gasteiger partial charge in [0.05, 0.1) is 18.1 Å². The van der Waals surface area contributed by atoms with Crippen LogP contribution in [0.3, 0.4) is 0 Å². The molecule has 1 fully saturated rings. The minimum absolute atomic E-state index is 0.0142. The van der Waals surface area contributed by atoms with E-state index in [4.69, 9.17) is 41.3 Å². The number of anilines is 6. The first-order chi connectivity index (χ1) is 26.9. The number of nitrogens with zero attached hydrogens (tertiary/aromatic N) is 6. The van der Waals surface area contributed by atoms with Crippen LogP contribution in [0.4, 0.5) is 73.5 Å². The summed E-state index contributed by atoms with van der Waals surface area (Å²) in [4.78, 5) is 55.1. The summed E-state index contributed by atoms with van der Waals surface area (Å²) < 4.78 is 95.2. The van der Waals surface area contributed by atoms with Crippen molar-refractivity contribution < 1.29 is 74.0 Å². The van der Waals surface area contributed by atoms with Gasteiger partial charge in [-0.1, -0.05) is 22.9 Å². The maximum Gasteiger partial charge on any atom is 0.490 e. The lowest BCUT2D eigenvalue weighted by molar-refractivity contribution is -0.193. The number of benzene rings is 1. The van der Waals surface area contributed by atoms with Crippen molar-refractivity contribution in [1.29, 1.82) is 0 Å². The van der Waals surface area contributed by atoms with Crippen LogP contribution in [0.15, 0.2) is 48.4 Å². The third-order valence-corrected chi connectivity index (χ3v) is 8.25. The average Bonchev–Trinajstić information content (AvgIpc) is 3.82. The molecule has 16 nitrogen and oxygen atoms in total. The second kappa shape index (κ2) is 19.9. The lowest BCUT2D eigenvalue weighted by Crippen LogP contribution is -2.22. The van der Waals surface area contributed by atoms with Gasteiger partial charge in [0, 0.05) is 37.1 Å². The van der Waals surface area contributed by atoms with E-state index in [9.17, 15) is 44.3 Å². The zero-order chi connectivity index (χ0) is 43.4. The SMILES string of the molecule is O=C(CC1CCN(c2nncs2)C1)Nc1ccc2cc1CCc1cncc(c1)Nc1ncc(Cl)c(n1)N2.O=C(O)C(F)(F)F.O=C(O)C(F)(F)F.O=C(O)C(F)(F)F. The average molecular weight is 876 g/mol. The number of alkyl halides is 9. The molecule has 58 heavy (non-hydrogen) atoms. The molecule has 6 N–H and O–H groups in total. The fourth-order valence-corrected chi connectivity index (χ4v) is 5.43. The van der Waals surface area contributed by atoms with Crippen LogP contribution >= 0.6 is 22.9 Å². The number of carbonyl (C=O) groups is 4. The van der Waals surface area contributed by atoms with Crippen LogP contribution in [-0.2, 0) is 32.0 Å². The zero-order valence-corrected chi connectivity index (χ0v) is 30.4. The lowest BCUT2D eigenvalue weighted by Gasteiger charge is -2.16. The highest BCUT2D eigenvalue weighted by atomic mass is 35.5. The Hall–Kier alpha value is -6.05. The van der Waals surface area contributed by atoms with Gasteiger partial charge in [0.1, 0.15) is 10.5 Å². The number of hydrogen-bond donors (Lipinski definition) is 6. The number of rotatable bonds is 4. The molecule has 0 saturated carbocycles. The molecule has 5 heterocycles. The standard InChI is InChI=1S/C25H24ClN9OS.3C2HF3O2/c26-20-12-28-24-31-19-7-15(10-27-11-19)1-2-17-9-18(30-23(20)33-24)3-4-21(17)32-22(36)8-16-5-6-35(13-16)25-34-29-14-37-25;3*3-2(4,5)1(6)7/h3-4,7,9-12,14,16H,1-2,5-6,8,13H2,(H,32,36)(H2,28,30,31,33);3*(H,6,7). The van der Waals surface area contributed by atoms with Gasteiger partial charge in [-0.25, -0.2) is 19.4 Å². The van der Waals surface area contributed by atoms with Gasteiger partial charge < -0.3 is 36.2 Å². The van der Waals surface area contributed by atoms with Gasteiger partial charge in [0.25, 0.3) is 0 Å². The van der Waals surface area contributed by atoms with Gasteiger partial charge in [0.2, 0.25) is 17.0 Å². The summed E-state index contributed by atoms with van der Waals surface area (Å²) in [5.41, 5.74) is 6.25. The second-order valence-electron chi connectivity index (χ2n) is 11.6.